The first kappa shape index (κ1) is 15.3. The highest BCUT2D eigenvalue weighted by molar-refractivity contribution is 5.41. The molecule has 0 fully saturated rings. The molecule has 0 saturated heterocycles. The number of aryl methyl sites for hydroxylation is 1. The van der Waals surface area contributed by atoms with E-state index in [4.69, 9.17) is 15.2 Å². The molecule has 0 bridgehead atoms. The molecule has 0 radical (unpaired) electrons. The Morgan fingerprint density at radius 1 is 1.10 bits per heavy atom. The Morgan fingerprint density at radius 3 is 2.62 bits per heavy atom. The molecule has 2 aromatic rings. The van der Waals surface area contributed by atoms with E-state index in [1.165, 1.54) is 12.1 Å². The Hall–Kier alpha value is -2.07. The van der Waals surface area contributed by atoms with Crippen LogP contribution in [0.15, 0.2) is 36.4 Å². The van der Waals surface area contributed by atoms with Gasteiger partial charge in [0.25, 0.3) is 0 Å². The highest BCUT2D eigenvalue weighted by Gasteiger charge is 2.07. The lowest BCUT2D eigenvalue weighted by molar-refractivity contribution is 0.299. The Morgan fingerprint density at radius 2 is 1.90 bits per heavy atom. The van der Waals surface area contributed by atoms with Crippen LogP contribution in [0.3, 0.4) is 0 Å². The average molecular weight is 289 g/mol. The normalized spacial score (nSPS) is 10.5. The predicted molar refractivity (Wildman–Crippen MR) is 81.2 cm³/mol. The van der Waals surface area contributed by atoms with Crippen LogP contribution in [0.5, 0.6) is 11.5 Å². The third-order valence-electron chi connectivity index (χ3n) is 3.38. The summed E-state index contributed by atoms with van der Waals surface area (Å²) in [4.78, 5) is 0. The topological polar surface area (TPSA) is 44.5 Å². The van der Waals surface area contributed by atoms with Gasteiger partial charge in [0.15, 0.2) is 0 Å². The molecule has 0 heterocycles. The lowest BCUT2D eigenvalue weighted by Crippen LogP contribution is -2.06. The summed E-state index contributed by atoms with van der Waals surface area (Å²) < 4.78 is 24.4. The van der Waals surface area contributed by atoms with Gasteiger partial charge in [0.1, 0.15) is 23.9 Å². The Bertz CT molecular complexity index is 614. The van der Waals surface area contributed by atoms with E-state index < -0.39 is 0 Å². The maximum atomic E-state index is 13.3. The molecule has 21 heavy (non-hydrogen) atoms. The van der Waals surface area contributed by atoms with Crippen molar-refractivity contribution in [1.82, 2.24) is 0 Å². The molecule has 2 rings (SSSR count). The zero-order valence-corrected chi connectivity index (χ0v) is 12.4. The minimum absolute atomic E-state index is 0.257. The fourth-order valence-electron chi connectivity index (χ4n) is 2.11. The number of benzene rings is 2. The van der Waals surface area contributed by atoms with E-state index in [0.717, 1.165) is 34.6 Å². The molecule has 0 spiro atoms. The maximum Gasteiger partial charge on any atom is 0.126 e. The average Bonchev–Trinajstić information content (AvgIpc) is 2.49. The molecule has 112 valence electrons. The van der Waals surface area contributed by atoms with Gasteiger partial charge in [-0.05, 0) is 54.8 Å². The molecular formula is C17H20FNO2. The highest BCUT2D eigenvalue weighted by atomic mass is 19.1. The van der Waals surface area contributed by atoms with E-state index in [-0.39, 0.29) is 5.82 Å². The van der Waals surface area contributed by atoms with Crippen LogP contribution in [0.25, 0.3) is 0 Å². The molecule has 3 nitrogen and oxygen atoms in total. The van der Waals surface area contributed by atoms with Gasteiger partial charge in [0.2, 0.25) is 0 Å². The van der Waals surface area contributed by atoms with E-state index in [1.54, 1.807) is 13.2 Å². The van der Waals surface area contributed by atoms with Gasteiger partial charge in [-0.3, -0.25) is 0 Å². The smallest absolute Gasteiger partial charge is 0.126 e. The molecule has 0 aliphatic heterocycles. The monoisotopic (exact) mass is 289 g/mol. The number of methoxy groups -OCH3 is 1. The van der Waals surface area contributed by atoms with Gasteiger partial charge in [0.05, 0.1) is 7.11 Å². The molecule has 0 atom stereocenters. The van der Waals surface area contributed by atoms with Gasteiger partial charge in [-0.25, -0.2) is 4.39 Å². The summed E-state index contributed by atoms with van der Waals surface area (Å²) >= 11 is 0. The van der Waals surface area contributed by atoms with Crippen molar-refractivity contribution in [2.24, 2.45) is 5.73 Å². The lowest BCUT2D eigenvalue weighted by atomic mass is 10.1. The molecule has 0 unspecified atom stereocenters. The standard InChI is InChI=1S/C17H20FNO2/c1-12-3-5-15(18)9-14(12)11-21-17-10-16(20-2)6-4-13(17)7-8-19/h3-6,9-10H,7-8,11,19H2,1-2H3. The van der Waals surface area contributed by atoms with Crippen LogP contribution in [-0.4, -0.2) is 13.7 Å². The van der Waals surface area contributed by atoms with Crippen molar-refractivity contribution in [2.75, 3.05) is 13.7 Å². The quantitative estimate of drug-likeness (QED) is 0.888. The van der Waals surface area contributed by atoms with E-state index >= 15 is 0 Å². The number of ether oxygens (including phenoxy) is 2. The second-order valence-electron chi connectivity index (χ2n) is 4.87. The fourth-order valence-corrected chi connectivity index (χ4v) is 2.11. The fraction of sp³-hybridized carbons (Fsp3) is 0.294. The van der Waals surface area contributed by atoms with Crippen LogP contribution >= 0.6 is 0 Å². The summed E-state index contributed by atoms with van der Waals surface area (Å²) in [7, 11) is 1.61. The highest BCUT2D eigenvalue weighted by Crippen LogP contribution is 2.26. The largest absolute Gasteiger partial charge is 0.497 e. The molecular weight excluding hydrogens is 269 g/mol. The van der Waals surface area contributed by atoms with Crippen molar-refractivity contribution in [3.8, 4) is 11.5 Å². The first-order valence-corrected chi connectivity index (χ1v) is 6.89. The molecule has 0 aliphatic rings. The van der Waals surface area contributed by atoms with Crippen molar-refractivity contribution >= 4 is 0 Å². The second kappa shape index (κ2) is 7.09. The van der Waals surface area contributed by atoms with E-state index in [0.29, 0.717) is 13.2 Å². The van der Waals surface area contributed by atoms with Crippen molar-refractivity contribution in [1.29, 1.82) is 0 Å². The summed E-state index contributed by atoms with van der Waals surface area (Å²) in [5.74, 6) is 1.19. The molecule has 2 N–H and O–H groups in total. The van der Waals surface area contributed by atoms with Gasteiger partial charge < -0.3 is 15.2 Å². The van der Waals surface area contributed by atoms with Crippen molar-refractivity contribution in [3.63, 3.8) is 0 Å². The third-order valence-corrected chi connectivity index (χ3v) is 3.38. The molecule has 0 amide bonds. The Labute approximate surface area is 124 Å². The summed E-state index contributed by atoms with van der Waals surface area (Å²) in [5, 5.41) is 0. The number of nitrogens with two attached hydrogens (primary N) is 1. The minimum Gasteiger partial charge on any atom is -0.497 e. The zero-order chi connectivity index (χ0) is 15.2. The lowest BCUT2D eigenvalue weighted by Gasteiger charge is -2.14. The van der Waals surface area contributed by atoms with Crippen molar-refractivity contribution < 1.29 is 13.9 Å². The maximum absolute atomic E-state index is 13.3. The molecule has 2 aromatic carbocycles. The summed E-state index contributed by atoms with van der Waals surface area (Å²) in [6, 6.07) is 10.4. The number of hydrogen-bond donors (Lipinski definition) is 1. The van der Waals surface area contributed by atoms with Crippen LogP contribution in [0.1, 0.15) is 16.7 Å². The van der Waals surface area contributed by atoms with Gasteiger partial charge in [-0.1, -0.05) is 12.1 Å². The van der Waals surface area contributed by atoms with Crippen LogP contribution in [0.4, 0.5) is 4.39 Å². The van der Waals surface area contributed by atoms with Crippen LogP contribution in [0.2, 0.25) is 0 Å². The van der Waals surface area contributed by atoms with Gasteiger partial charge in [-0.15, -0.1) is 0 Å². The number of hydrogen-bond acceptors (Lipinski definition) is 3. The Kier molecular flexibility index (Phi) is 5.17. The van der Waals surface area contributed by atoms with E-state index in [2.05, 4.69) is 0 Å². The van der Waals surface area contributed by atoms with Gasteiger partial charge in [-0.2, -0.15) is 0 Å². The summed E-state index contributed by atoms with van der Waals surface area (Å²) in [6.07, 6.45) is 0.724. The summed E-state index contributed by atoms with van der Waals surface area (Å²) in [5.41, 5.74) is 8.47. The van der Waals surface area contributed by atoms with Crippen LogP contribution in [0, 0.1) is 12.7 Å². The molecule has 4 heteroatoms. The van der Waals surface area contributed by atoms with Gasteiger partial charge >= 0.3 is 0 Å². The van der Waals surface area contributed by atoms with E-state index in [9.17, 15) is 4.39 Å². The molecule has 0 saturated carbocycles. The number of rotatable bonds is 6. The Balaban J connectivity index is 2.19. The zero-order valence-electron chi connectivity index (χ0n) is 12.4. The van der Waals surface area contributed by atoms with Crippen LogP contribution in [-0.2, 0) is 13.0 Å². The van der Waals surface area contributed by atoms with E-state index in [1.807, 2.05) is 25.1 Å². The predicted octanol–water partition coefficient (Wildman–Crippen LogP) is 3.22. The van der Waals surface area contributed by atoms with Crippen molar-refractivity contribution in [2.45, 2.75) is 20.0 Å². The minimum atomic E-state index is -0.257. The van der Waals surface area contributed by atoms with Crippen LogP contribution < -0.4 is 15.2 Å². The summed E-state index contributed by atoms with van der Waals surface area (Å²) in [6.45, 7) is 2.79. The molecule has 0 aliphatic carbocycles. The first-order chi connectivity index (χ1) is 10.1. The number of halogens is 1. The van der Waals surface area contributed by atoms with Crippen molar-refractivity contribution in [3.05, 3.63) is 58.9 Å². The van der Waals surface area contributed by atoms with Gasteiger partial charge in [0, 0.05) is 6.07 Å². The second-order valence-corrected chi connectivity index (χ2v) is 4.87. The first-order valence-electron chi connectivity index (χ1n) is 6.89. The third kappa shape index (κ3) is 3.95. The SMILES string of the molecule is COc1ccc(CCN)c(OCc2cc(F)ccc2C)c1. The molecule has 0 aromatic heterocycles.